The summed E-state index contributed by atoms with van der Waals surface area (Å²) in [7, 11) is 1.59. The first kappa shape index (κ1) is 20.6. The number of imidazole rings is 1. The Morgan fingerprint density at radius 2 is 1.81 bits per heavy atom. The number of fused-ring (bicyclic) bond motifs is 3. The van der Waals surface area contributed by atoms with E-state index >= 15 is 0 Å². The van der Waals surface area contributed by atoms with Gasteiger partial charge in [-0.2, -0.15) is 0 Å². The second kappa shape index (κ2) is 7.86. The van der Waals surface area contributed by atoms with Crippen LogP contribution in [0.5, 0.6) is 0 Å². The van der Waals surface area contributed by atoms with Gasteiger partial charge in [-0.15, -0.1) is 0 Å². The van der Waals surface area contributed by atoms with Gasteiger partial charge < -0.3 is 20.1 Å². The molecule has 0 unspecified atom stereocenters. The Morgan fingerprint density at radius 3 is 2.55 bits per heavy atom. The van der Waals surface area contributed by atoms with E-state index in [4.69, 9.17) is 0 Å². The Hall–Kier alpha value is -3.68. The van der Waals surface area contributed by atoms with Crippen LogP contribution in [0.1, 0.15) is 28.7 Å². The van der Waals surface area contributed by atoms with E-state index in [0.29, 0.717) is 17.9 Å². The topological polar surface area (TPSA) is 96.3 Å². The van der Waals surface area contributed by atoms with E-state index in [1.54, 1.807) is 18.5 Å². The molecule has 1 atom stereocenters. The number of benzene rings is 2. The van der Waals surface area contributed by atoms with E-state index in [1.807, 2.05) is 55.5 Å². The second-order valence-electron chi connectivity index (χ2n) is 8.09. The zero-order valence-electron chi connectivity index (χ0n) is 17.8. The predicted molar refractivity (Wildman–Crippen MR) is 116 cm³/mol. The van der Waals surface area contributed by atoms with Gasteiger partial charge in [0.05, 0.1) is 24.1 Å². The third kappa shape index (κ3) is 3.76. The van der Waals surface area contributed by atoms with Crippen LogP contribution in [0, 0.1) is 6.92 Å². The van der Waals surface area contributed by atoms with Gasteiger partial charge in [0.2, 0.25) is 11.8 Å². The maximum Gasteiger partial charge on any atom is 0.290 e. The smallest absolute Gasteiger partial charge is 0.290 e. The highest BCUT2D eigenvalue weighted by Crippen LogP contribution is 2.29. The largest absolute Gasteiger partial charge is 0.350 e. The number of carbonyl (C=O) groups is 3. The highest BCUT2D eigenvalue weighted by Gasteiger charge is 2.46. The van der Waals surface area contributed by atoms with Crippen molar-refractivity contribution >= 4 is 28.8 Å². The Morgan fingerprint density at radius 1 is 1.10 bits per heavy atom. The van der Waals surface area contributed by atoms with Crippen LogP contribution in [0.15, 0.2) is 48.5 Å². The highest BCUT2D eigenvalue weighted by atomic mass is 16.2. The molecule has 2 aromatic carbocycles. The number of amides is 3. The van der Waals surface area contributed by atoms with Crippen LogP contribution in [-0.4, -0.2) is 51.3 Å². The summed E-state index contributed by atoms with van der Waals surface area (Å²) in [5, 5.41) is 5.48. The fraction of sp³-hybridized carbons (Fsp3) is 0.304. The van der Waals surface area contributed by atoms with E-state index in [0.717, 1.165) is 16.6 Å². The van der Waals surface area contributed by atoms with Crippen molar-refractivity contribution in [3.63, 3.8) is 0 Å². The molecule has 0 radical (unpaired) electrons. The lowest BCUT2D eigenvalue weighted by Gasteiger charge is -2.41. The summed E-state index contributed by atoms with van der Waals surface area (Å²) in [4.78, 5) is 44.0. The lowest BCUT2D eigenvalue weighted by Crippen LogP contribution is -2.63. The van der Waals surface area contributed by atoms with Gasteiger partial charge in [0.1, 0.15) is 5.54 Å². The summed E-state index contributed by atoms with van der Waals surface area (Å²) in [5.74, 6) is -0.706. The number of nitrogens with one attached hydrogen (secondary N) is 2. The van der Waals surface area contributed by atoms with Gasteiger partial charge in [0.25, 0.3) is 5.91 Å². The van der Waals surface area contributed by atoms with Gasteiger partial charge in [0.15, 0.2) is 5.82 Å². The van der Waals surface area contributed by atoms with Gasteiger partial charge in [0, 0.05) is 13.6 Å². The van der Waals surface area contributed by atoms with E-state index in [-0.39, 0.29) is 24.9 Å². The minimum absolute atomic E-state index is 0.167. The van der Waals surface area contributed by atoms with Crippen molar-refractivity contribution in [1.29, 1.82) is 0 Å². The third-order valence-electron chi connectivity index (χ3n) is 5.87. The van der Waals surface area contributed by atoms with Crippen LogP contribution in [0.25, 0.3) is 11.0 Å². The molecule has 0 spiro atoms. The van der Waals surface area contributed by atoms with E-state index < -0.39 is 11.4 Å². The van der Waals surface area contributed by atoms with Crippen LogP contribution >= 0.6 is 0 Å². The standard InChI is InChI=1S/C23H25N5O3/c1-15-8-10-16(11-9-15)12-24-19(29)13-25-22(31)23(2)14-28-18-7-5-4-6-17(18)26-20(28)21(30)27(23)3/h4-11H,12-14H2,1-3H3,(H,24,29)(H,25,31)/t23-/m1/s1. The zero-order valence-corrected chi connectivity index (χ0v) is 17.8. The Balaban J connectivity index is 1.43. The molecule has 160 valence electrons. The molecule has 1 aliphatic heterocycles. The molecule has 3 amide bonds. The molecule has 1 aromatic heterocycles. The van der Waals surface area contributed by atoms with Crippen molar-refractivity contribution < 1.29 is 14.4 Å². The second-order valence-corrected chi connectivity index (χ2v) is 8.09. The summed E-state index contributed by atoms with van der Waals surface area (Å²) >= 11 is 0. The molecule has 0 aliphatic carbocycles. The number of hydrogen-bond acceptors (Lipinski definition) is 4. The molecule has 2 N–H and O–H groups in total. The molecule has 0 saturated carbocycles. The average Bonchev–Trinajstić information content (AvgIpc) is 3.14. The van der Waals surface area contributed by atoms with Crippen LogP contribution < -0.4 is 10.6 Å². The molecule has 0 fully saturated rings. The quantitative estimate of drug-likeness (QED) is 0.657. The van der Waals surface area contributed by atoms with E-state index in [9.17, 15) is 14.4 Å². The van der Waals surface area contributed by atoms with Crippen molar-refractivity contribution in [3.05, 3.63) is 65.5 Å². The number of rotatable bonds is 5. The van der Waals surface area contributed by atoms with Crippen LogP contribution in [0.2, 0.25) is 0 Å². The fourth-order valence-corrected chi connectivity index (χ4v) is 3.73. The number of aromatic nitrogens is 2. The first-order valence-electron chi connectivity index (χ1n) is 10.1. The molecule has 31 heavy (non-hydrogen) atoms. The molecule has 8 nitrogen and oxygen atoms in total. The van der Waals surface area contributed by atoms with Crippen molar-refractivity contribution in [3.8, 4) is 0 Å². The monoisotopic (exact) mass is 419 g/mol. The zero-order chi connectivity index (χ0) is 22.2. The molecule has 1 aliphatic rings. The van der Waals surface area contributed by atoms with Crippen molar-refractivity contribution in [2.75, 3.05) is 13.6 Å². The summed E-state index contributed by atoms with van der Waals surface area (Å²) in [6.45, 7) is 4.17. The predicted octanol–water partition coefficient (Wildman–Crippen LogP) is 1.62. The summed E-state index contributed by atoms with van der Waals surface area (Å²) < 4.78 is 1.77. The number of carbonyl (C=O) groups excluding carboxylic acids is 3. The summed E-state index contributed by atoms with van der Waals surface area (Å²) in [5.41, 5.74) is 2.49. The Kier molecular flexibility index (Phi) is 5.22. The summed E-state index contributed by atoms with van der Waals surface area (Å²) in [6, 6.07) is 15.3. The minimum Gasteiger partial charge on any atom is -0.350 e. The lowest BCUT2D eigenvalue weighted by atomic mass is 9.96. The molecular weight excluding hydrogens is 394 g/mol. The first-order chi connectivity index (χ1) is 14.8. The Bertz CT molecular complexity index is 1170. The maximum atomic E-state index is 13.0. The lowest BCUT2D eigenvalue weighted by molar-refractivity contribution is -0.134. The molecular formula is C23H25N5O3. The van der Waals surface area contributed by atoms with Gasteiger partial charge >= 0.3 is 0 Å². The molecule has 8 heteroatoms. The molecule has 2 heterocycles. The van der Waals surface area contributed by atoms with Crippen LogP contribution in [0.3, 0.4) is 0 Å². The van der Waals surface area contributed by atoms with E-state index in [1.165, 1.54) is 4.90 Å². The number of likely N-dealkylation sites (N-methyl/N-ethyl adjacent to an activating group) is 1. The molecule has 3 aromatic rings. The minimum atomic E-state index is -1.15. The van der Waals surface area contributed by atoms with Gasteiger partial charge in [-0.1, -0.05) is 42.0 Å². The van der Waals surface area contributed by atoms with Crippen LogP contribution in [-0.2, 0) is 22.7 Å². The normalized spacial score (nSPS) is 18.0. The fourth-order valence-electron chi connectivity index (χ4n) is 3.73. The average molecular weight is 419 g/mol. The molecule has 0 saturated heterocycles. The van der Waals surface area contributed by atoms with Crippen molar-refractivity contribution in [2.24, 2.45) is 0 Å². The number of hydrogen-bond donors (Lipinski definition) is 2. The Labute approximate surface area is 180 Å². The number of nitrogens with zero attached hydrogens (tertiary/aromatic N) is 3. The number of para-hydroxylation sites is 2. The first-order valence-corrected chi connectivity index (χ1v) is 10.1. The van der Waals surface area contributed by atoms with Gasteiger partial charge in [-0.3, -0.25) is 14.4 Å². The summed E-state index contributed by atoms with van der Waals surface area (Å²) in [6.07, 6.45) is 0. The third-order valence-corrected chi connectivity index (χ3v) is 5.87. The number of aryl methyl sites for hydroxylation is 1. The van der Waals surface area contributed by atoms with Crippen LogP contribution in [0.4, 0.5) is 0 Å². The SMILES string of the molecule is Cc1ccc(CNC(=O)CNC(=O)[C@@]2(C)Cn3c(nc4ccccc43)C(=O)N2C)cc1. The van der Waals surface area contributed by atoms with E-state index in [2.05, 4.69) is 15.6 Å². The van der Waals surface area contributed by atoms with Gasteiger partial charge in [-0.25, -0.2) is 4.98 Å². The maximum absolute atomic E-state index is 13.0. The molecule has 4 rings (SSSR count). The van der Waals surface area contributed by atoms with Gasteiger partial charge in [-0.05, 0) is 31.5 Å². The molecule has 0 bridgehead atoms. The van der Waals surface area contributed by atoms with Crippen molar-refractivity contribution in [1.82, 2.24) is 25.1 Å². The van der Waals surface area contributed by atoms with Crippen molar-refractivity contribution in [2.45, 2.75) is 32.5 Å². The highest BCUT2D eigenvalue weighted by molar-refractivity contribution is 6.01.